The molecule has 3 N–H and O–H groups in total. The lowest BCUT2D eigenvalue weighted by molar-refractivity contribution is -0.127. The molecule has 5 heteroatoms. The molecule has 0 bridgehead atoms. The molecule has 0 aliphatic heterocycles. The van der Waals surface area contributed by atoms with E-state index in [1.165, 1.54) is 0 Å². The molecule has 116 valence electrons. The van der Waals surface area contributed by atoms with E-state index in [9.17, 15) is 4.79 Å². The Morgan fingerprint density at radius 1 is 1.43 bits per heavy atom. The highest BCUT2D eigenvalue weighted by Gasteiger charge is 2.31. The molecule has 0 unspecified atom stereocenters. The molecule has 4 nitrogen and oxygen atoms in total. The number of hydrogen-bond acceptors (Lipinski definition) is 3. The van der Waals surface area contributed by atoms with Gasteiger partial charge in [-0.1, -0.05) is 29.8 Å². The Kier molecular flexibility index (Phi) is 6.03. The minimum Gasteiger partial charge on any atom is -0.380 e. The number of ether oxygens (including phenoxy) is 1. The van der Waals surface area contributed by atoms with Gasteiger partial charge in [0.1, 0.15) is 0 Å². The van der Waals surface area contributed by atoms with E-state index in [1.54, 1.807) is 7.11 Å². The number of benzene rings is 1. The second-order valence-corrected chi connectivity index (χ2v) is 5.99. The Morgan fingerprint density at radius 2 is 2.19 bits per heavy atom. The Hall–Kier alpha value is -1.10. The van der Waals surface area contributed by atoms with Crippen molar-refractivity contribution >= 4 is 17.5 Å². The number of nitrogens with one attached hydrogen (secondary N) is 1. The quantitative estimate of drug-likeness (QED) is 0.876. The predicted molar refractivity (Wildman–Crippen MR) is 84.3 cm³/mol. The van der Waals surface area contributed by atoms with Crippen LogP contribution in [0.15, 0.2) is 24.3 Å². The lowest BCUT2D eigenvalue weighted by atomic mass is 9.83. The van der Waals surface area contributed by atoms with Crippen molar-refractivity contribution in [1.29, 1.82) is 0 Å². The lowest BCUT2D eigenvalue weighted by Gasteiger charge is -2.32. The van der Waals surface area contributed by atoms with Gasteiger partial charge in [-0.15, -0.1) is 0 Å². The largest absolute Gasteiger partial charge is 0.380 e. The van der Waals surface area contributed by atoms with E-state index in [0.29, 0.717) is 13.0 Å². The van der Waals surface area contributed by atoms with E-state index in [0.717, 1.165) is 29.8 Å². The predicted octanol–water partition coefficient (Wildman–Crippen LogP) is 2.14. The lowest BCUT2D eigenvalue weighted by Crippen LogP contribution is -2.45. The highest BCUT2D eigenvalue weighted by molar-refractivity contribution is 6.31. The number of hydrogen-bond donors (Lipinski definition) is 2. The van der Waals surface area contributed by atoms with Crippen molar-refractivity contribution < 1.29 is 9.53 Å². The highest BCUT2D eigenvalue weighted by atomic mass is 35.5. The van der Waals surface area contributed by atoms with Crippen LogP contribution in [0.5, 0.6) is 0 Å². The number of halogens is 1. The number of nitrogens with two attached hydrogens (primary N) is 1. The zero-order chi connectivity index (χ0) is 15.2. The fourth-order valence-corrected chi connectivity index (χ4v) is 3.06. The molecule has 0 heterocycles. The van der Waals surface area contributed by atoms with E-state index in [-0.39, 0.29) is 24.0 Å². The molecular weight excluding hydrogens is 288 g/mol. The summed E-state index contributed by atoms with van der Waals surface area (Å²) in [7, 11) is 1.65. The van der Waals surface area contributed by atoms with E-state index in [4.69, 9.17) is 22.1 Å². The summed E-state index contributed by atoms with van der Waals surface area (Å²) in [6.45, 7) is 0.600. The van der Waals surface area contributed by atoms with Crippen LogP contribution in [0.25, 0.3) is 0 Å². The van der Waals surface area contributed by atoms with Gasteiger partial charge in [0, 0.05) is 30.6 Å². The molecule has 2 rings (SSSR count). The Morgan fingerprint density at radius 3 is 2.90 bits per heavy atom. The normalized spacial score (nSPS) is 25.6. The highest BCUT2D eigenvalue weighted by Crippen LogP contribution is 2.25. The van der Waals surface area contributed by atoms with Crippen LogP contribution in [-0.2, 0) is 16.0 Å². The second-order valence-electron chi connectivity index (χ2n) is 5.58. The van der Waals surface area contributed by atoms with Gasteiger partial charge in [0.05, 0.1) is 6.10 Å². The number of carbonyl (C=O) groups excluding carboxylic acids is 1. The summed E-state index contributed by atoms with van der Waals surface area (Å²) in [6, 6.07) is 7.75. The van der Waals surface area contributed by atoms with Crippen molar-refractivity contribution in [3.63, 3.8) is 0 Å². The minimum absolute atomic E-state index is 0.000922. The van der Waals surface area contributed by atoms with Crippen LogP contribution in [0.2, 0.25) is 5.02 Å². The summed E-state index contributed by atoms with van der Waals surface area (Å²) >= 11 is 6.10. The summed E-state index contributed by atoms with van der Waals surface area (Å²) in [4.78, 5) is 12.2. The smallest absolute Gasteiger partial charge is 0.223 e. The Balaban J connectivity index is 1.78. The molecule has 1 aromatic carbocycles. The summed E-state index contributed by atoms with van der Waals surface area (Å²) in [5.41, 5.74) is 7.03. The molecule has 1 aliphatic rings. The summed E-state index contributed by atoms with van der Waals surface area (Å²) in [5, 5.41) is 3.74. The van der Waals surface area contributed by atoms with Crippen LogP contribution >= 0.6 is 11.6 Å². The van der Waals surface area contributed by atoms with Gasteiger partial charge < -0.3 is 15.8 Å². The first-order valence-corrected chi connectivity index (χ1v) is 7.79. The molecule has 3 atom stereocenters. The van der Waals surface area contributed by atoms with Crippen molar-refractivity contribution in [2.45, 2.75) is 37.8 Å². The molecule has 1 aromatic rings. The monoisotopic (exact) mass is 310 g/mol. The van der Waals surface area contributed by atoms with Gasteiger partial charge in [-0.3, -0.25) is 4.79 Å². The maximum Gasteiger partial charge on any atom is 0.223 e. The zero-order valence-electron chi connectivity index (χ0n) is 12.3. The van der Waals surface area contributed by atoms with Gasteiger partial charge in [-0.05, 0) is 37.3 Å². The average Bonchev–Trinajstić information content (AvgIpc) is 2.49. The molecule has 1 amide bonds. The molecule has 0 spiro atoms. The van der Waals surface area contributed by atoms with E-state index < -0.39 is 0 Å². The number of carbonyl (C=O) groups is 1. The van der Waals surface area contributed by atoms with Crippen LogP contribution in [0, 0.1) is 5.92 Å². The molecule has 0 radical (unpaired) electrons. The molecule has 21 heavy (non-hydrogen) atoms. The molecule has 1 saturated carbocycles. The summed E-state index contributed by atoms with van der Waals surface area (Å²) in [6.07, 6.45) is 3.10. The number of rotatable bonds is 5. The molecule has 1 fully saturated rings. The maximum absolute atomic E-state index is 12.2. The van der Waals surface area contributed by atoms with Crippen molar-refractivity contribution in [3.05, 3.63) is 34.9 Å². The molecular formula is C16H23ClN2O2. The Labute approximate surface area is 131 Å². The van der Waals surface area contributed by atoms with Crippen LogP contribution < -0.4 is 11.1 Å². The van der Waals surface area contributed by atoms with Crippen LogP contribution in [0.1, 0.15) is 24.8 Å². The van der Waals surface area contributed by atoms with Gasteiger partial charge in [-0.25, -0.2) is 0 Å². The molecule has 0 aromatic heterocycles. The van der Waals surface area contributed by atoms with Gasteiger partial charge >= 0.3 is 0 Å². The Bertz CT molecular complexity index is 481. The third kappa shape index (κ3) is 4.43. The van der Waals surface area contributed by atoms with Crippen molar-refractivity contribution in [2.75, 3.05) is 13.7 Å². The van der Waals surface area contributed by atoms with Crippen molar-refractivity contribution in [1.82, 2.24) is 5.32 Å². The van der Waals surface area contributed by atoms with Gasteiger partial charge in [0.2, 0.25) is 5.91 Å². The molecule has 1 aliphatic carbocycles. The summed E-state index contributed by atoms with van der Waals surface area (Å²) < 4.78 is 5.35. The van der Waals surface area contributed by atoms with Gasteiger partial charge in [-0.2, -0.15) is 0 Å². The van der Waals surface area contributed by atoms with Crippen molar-refractivity contribution in [3.8, 4) is 0 Å². The van der Waals surface area contributed by atoms with Crippen LogP contribution in [0.3, 0.4) is 0 Å². The van der Waals surface area contributed by atoms with E-state index in [2.05, 4.69) is 5.32 Å². The molecule has 0 saturated heterocycles. The average molecular weight is 311 g/mol. The third-order valence-corrected chi connectivity index (χ3v) is 4.54. The summed E-state index contributed by atoms with van der Waals surface area (Å²) in [5.74, 6) is 0.0944. The van der Waals surface area contributed by atoms with E-state index in [1.807, 2.05) is 24.3 Å². The van der Waals surface area contributed by atoms with Gasteiger partial charge in [0.15, 0.2) is 0 Å². The second kappa shape index (κ2) is 7.78. The zero-order valence-corrected chi connectivity index (χ0v) is 13.1. The van der Waals surface area contributed by atoms with Crippen LogP contribution in [0.4, 0.5) is 0 Å². The topological polar surface area (TPSA) is 64.3 Å². The van der Waals surface area contributed by atoms with Crippen LogP contribution in [-0.4, -0.2) is 31.7 Å². The standard InChI is InChI=1S/C16H23ClN2O2/c1-21-15-10-12(6-7-14(15)18)16(20)19-9-8-11-4-2-3-5-13(11)17/h2-5,12,14-15H,6-10,18H2,1H3,(H,19,20)/t12-,14-,15-/m0/s1. The first kappa shape index (κ1) is 16.3. The number of amides is 1. The number of methoxy groups -OCH3 is 1. The SMILES string of the molecule is CO[C@H]1C[C@@H](C(=O)NCCc2ccccc2Cl)CC[C@@H]1N. The first-order chi connectivity index (χ1) is 10.1. The van der Waals surface area contributed by atoms with E-state index >= 15 is 0 Å². The maximum atomic E-state index is 12.2. The van der Waals surface area contributed by atoms with Gasteiger partial charge in [0.25, 0.3) is 0 Å². The first-order valence-electron chi connectivity index (χ1n) is 7.41. The third-order valence-electron chi connectivity index (χ3n) is 4.17. The fourth-order valence-electron chi connectivity index (χ4n) is 2.83. The minimum atomic E-state index is -0.0157. The van der Waals surface area contributed by atoms with Crippen molar-refractivity contribution in [2.24, 2.45) is 11.7 Å². The fraction of sp³-hybridized carbons (Fsp3) is 0.562.